The Morgan fingerprint density at radius 1 is 1.10 bits per heavy atom. The number of nitrogens with zero attached hydrogens (tertiary/aromatic N) is 2. The van der Waals surface area contributed by atoms with Crippen LogP contribution in [0.5, 0.6) is 0 Å². The Morgan fingerprint density at radius 2 is 1.90 bits per heavy atom. The van der Waals surface area contributed by atoms with Gasteiger partial charge >= 0.3 is 0 Å². The van der Waals surface area contributed by atoms with Crippen molar-refractivity contribution in [1.82, 2.24) is 9.80 Å². The highest BCUT2D eigenvalue weighted by Crippen LogP contribution is 2.19. The Kier molecular flexibility index (Phi) is 7.28. The van der Waals surface area contributed by atoms with Gasteiger partial charge in [0.2, 0.25) is 0 Å². The fraction of sp³-hybridized carbons (Fsp3) is 1.00. The molecule has 118 valence electrons. The molecule has 2 atom stereocenters. The van der Waals surface area contributed by atoms with Gasteiger partial charge in [0.05, 0.1) is 12.7 Å². The Hall–Kier alpha value is -0.160. The molecule has 0 N–H and O–H groups in total. The molecule has 0 radical (unpaired) electrons. The number of likely N-dealkylation sites (tertiary alicyclic amines) is 1. The van der Waals surface area contributed by atoms with Crippen LogP contribution in [0.1, 0.15) is 32.6 Å². The summed E-state index contributed by atoms with van der Waals surface area (Å²) in [4.78, 5) is 5.23. The van der Waals surface area contributed by atoms with Crippen LogP contribution in [-0.4, -0.2) is 75.5 Å². The zero-order chi connectivity index (χ0) is 14.2. The van der Waals surface area contributed by atoms with Crippen LogP contribution >= 0.6 is 0 Å². The van der Waals surface area contributed by atoms with Crippen molar-refractivity contribution in [2.75, 3.05) is 59.6 Å². The molecular formula is C16H32N2O2. The molecule has 0 aromatic carbocycles. The molecular weight excluding hydrogens is 252 g/mol. The third-order valence-electron chi connectivity index (χ3n) is 4.64. The minimum absolute atomic E-state index is 0.405. The summed E-state index contributed by atoms with van der Waals surface area (Å²) in [6.07, 6.45) is 5.76. The van der Waals surface area contributed by atoms with Crippen LogP contribution < -0.4 is 0 Å². The van der Waals surface area contributed by atoms with Crippen molar-refractivity contribution in [2.24, 2.45) is 5.92 Å². The number of morpholine rings is 1. The number of hydrogen-bond donors (Lipinski definition) is 0. The molecule has 2 aliphatic heterocycles. The Balaban J connectivity index is 1.70. The molecule has 0 aromatic rings. The van der Waals surface area contributed by atoms with E-state index in [0.717, 1.165) is 32.2 Å². The maximum absolute atomic E-state index is 5.61. The minimum atomic E-state index is 0.405. The van der Waals surface area contributed by atoms with Gasteiger partial charge in [-0.25, -0.2) is 0 Å². The third kappa shape index (κ3) is 5.68. The predicted molar refractivity (Wildman–Crippen MR) is 82.1 cm³/mol. The van der Waals surface area contributed by atoms with E-state index in [1.807, 2.05) is 7.11 Å². The summed E-state index contributed by atoms with van der Waals surface area (Å²) in [7, 11) is 1.81. The smallest absolute Gasteiger partial charge is 0.0674 e. The molecule has 2 heterocycles. The highest BCUT2D eigenvalue weighted by atomic mass is 16.5. The fourth-order valence-corrected chi connectivity index (χ4v) is 3.42. The summed E-state index contributed by atoms with van der Waals surface area (Å²) in [5, 5.41) is 0. The average Bonchev–Trinajstić information content (AvgIpc) is 2.68. The van der Waals surface area contributed by atoms with Gasteiger partial charge in [0.15, 0.2) is 0 Å². The Morgan fingerprint density at radius 3 is 2.65 bits per heavy atom. The molecule has 0 saturated carbocycles. The maximum atomic E-state index is 5.61. The third-order valence-corrected chi connectivity index (χ3v) is 4.64. The van der Waals surface area contributed by atoms with Crippen molar-refractivity contribution in [3.05, 3.63) is 0 Å². The Bertz CT molecular complexity index is 263. The van der Waals surface area contributed by atoms with Crippen molar-refractivity contribution >= 4 is 0 Å². The van der Waals surface area contributed by atoms with Crippen molar-refractivity contribution in [3.63, 3.8) is 0 Å². The van der Waals surface area contributed by atoms with Gasteiger partial charge in [-0.15, -0.1) is 0 Å². The van der Waals surface area contributed by atoms with Gasteiger partial charge in [-0.1, -0.05) is 6.42 Å². The lowest BCUT2D eigenvalue weighted by molar-refractivity contribution is -0.0208. The van der Waals surface area contributed by atoms with Crippen LogP contribution in [0.2, 0.25) is 0 Å². The second-order valence-electron chi connectivity index (χ2n) is 6.43. The summed E-state index contributed by atoms with van der Waals surface area (Å²) < 4.78 is 10.9. The van der Waals surface area contributed by atoms with Gasteiger partial charge in [-0.3, -0.25) is 4.90 Å². The SMILES string of the molecule is COCC[C@H]1CCCCN(CCN2CCO[C@H](C)C2)C1. The van der Waals surface area contributed by atoms with Gasteiger partial charge in [0.25, 0.3) is 0 Å². The second-order valence-corrected chi connectivity index (χ2v) is 6.43. The van der Waals surface area contributed by atoms with Crippen LogP contribution in [0.4, 0.5) is 0 Å². The molecule has 0 aromatic heterocycles. The number of methoxy groups -OCH3 is 1. The molecule has 2 fully saturated rings. The molecule has 2 saturated heterocycles. The van der Waals surface area contributed by atoms with Crippen LogP contribution in [0.15, 0.2) is 0 Å². The average molecular weight is 284 g/mol. The molecule has 20 heavy (non-hydrogen) atoms. The zero-order valence-electron chi connectivity index (χ0n) is 13.4. The van der Waals surface area contributed by atoms with Crippen LogP contribution in [0.25, 0.3) is 0 Å². The van der Waals surface area contributed by atoms with Crippen molar-refractivity contribution in [3.8, 4) is 0 Å². The first-order valence-electron chi connectivity index (χ1n) is 8.33. The van der Waals surface area contributed by atoms with E-state index in [-0.39, 0.29) is 0 Å². The molecule has 0 aliphatic carbocycles. The summed E-state index contributed by atoms with van der Waals surface area (Å²) in [5.41, 5.74) is 0. The van der Waals surface area contributed by atoms with Crippen molar-refractivity contribution < 1.29 is 9.47 Å². The van der Waals surface area contributed by atoms with Crippen LogP contribution in [0.3, 0.4) is 0 Å². The fourth-order valence-electron chi connectivity index (χ4n) is 3.42. The molecule has 0 bridgehead atoms. The predicted octanol–water partition coefficient (Wildman–Crippen LogP) is 1.85. The standard InChI is InChI=1S/C16H32N2O2/c1-15-13-18(10-12-20-15)9-8-17-7-4-3-5-16(14-17)6-11-19-2/h15-16H,3-14H2,1-2H3/t15-,16-/m1/s1. The van der Waals surface area contributed by atoms with Gasteiger partial charge < -0.3 is 14.4 Å². The lowest BCUT2D eigenvalue weighted by Crippen LogP contribution is -2.45. The van der Waals surface area contributed by atoms with E-state index < -0.39 is 0 Å². The number of hydrogen-bond acceptors (Lipinski definition) is 4. The van der Waals surface area contributed by atoms with E-state index in [2.05, 4.69) is 16.7 Å². The summed E-state index contributed by atoms with van der Waals surface area (Å²) >= 11 is 0. The molecule has 2 aliphatic rings. The summed E-state index contributed by atoms with van der Waals surface area (Å²) in [5.74, 6) is 0.834. The van der Waals surface area contributed by atoms with Crippen molar-refractivity contribution in [2.45, 2.75) is 38.7 Å². The Labute approximate surface area is 124 Å². The first kappa shape index (κ1) is 16.2. The van der Waals surface area contributed by atoms with E-state index in [1.54, 1.807) is 0 Å². The van der Waals surface area contributed by atoms with Gasteiger partial charge in [0.1, 0.15) is 0 Å². The van der Waals surface area contributed by atoms with E-state index >= 15 is 0 Å². The summed E-state index contributed by atoms with van der Waals surface area (Å²) in [6.45, 7) is 11.2. The lowest BCUT2D eigenvalue weighted by Gasteiger charge is -2.33. The first-order valence-corrected chi connectivity index (χ1v) is 8.33. The van der Waals surface area contributed by atoms with E-state index in [4.69, 9.17) is 9.47 Å². The summed E-state index contributed by atoms with van der Waals surface area (Å²) in [6, 6.07) is 0. The molecule has 0 amide bonds. The molecule has 4 heteroatoms. The second kappa shape index (κ2) is 8.98. The minimum Gasteiger partial charge on any atom is -0.385 e. The lowest BCUT2D eigenvalue weighted by atomic mass is 10.0. The van der Waals surface area contributed by atoms with Crippen molar-refractivity contribution in [1.29, 1.82) is 0 Å². The van der Waals surface area contributed by atoms with Gasteiger partial charge in [0, 0.05) is 46.4 Å². The van der Waals surface area contributed by atoms with E-state index in [1.165, 1.54) is 51.9 Å². The highest BCUT2D eigenvalue weighted by molar-refractivity contribution is 4.74. The number of rotatable bonds is 6. The molecule has 0 spiro atoms. The van der Waals surface area contributed by atoms with E-state index in [9.17, 15) is 0 Å². The molecule has 0 unspecified atom stereocenters. The van der Waals surface area contributed by atoms with Gasteiger partial charge in [-0.2, -0.15) is 0 Å². The monoisotopic (exact) mass is 284 g/mol. The van der Waals surface area contributed by atoms with E-state index in [0.29, 0.717) is 6.10 Å². The normalized spacial score (nSPS) is 30.3. The van der Waals surface area contributed by atoms with Crippen LogP contribution in [-0.2, 0) is 9.47 Å². The topological polar surface area (TPSA) is 24.9 Å². The zero-order valence-corrected chi connectivity index (χ0v) is 13.4. The molecule has 2 rings (SSSR count). The number of ether oxygens (including phenoxy) is 2. The largest absolute Gasteiger partial charge is 0.385 e. The highest BCUT2D eigenvalue weighted by Gasteiger charge is 2.20. The molecule has 4 nitrogen and oxygen atoms in total. The maximum Gasteiger partial charge on any atom is 0.0674 e. The van der Waals surface area contributed by atoms with Crippen LogP contribution in [0, 0.1) is 5.92 Å². The van der Waals surface area contributed by atoms with Gasteiger partial charge in [-0.05, 0) is 38.6 Å². The first-order chi connectivity index (χ1) is 9.78. The quantitative estimate of drug-likeness (QED) is 0.743.